The van der Waals surface area contributed by atoms with Crippen molar-refractivity contribution in [1.82, 2.24) is 0 Å². The Hall–Kier alpha value is -1.74. The van der Waals surface area contributed by atoms with Gasteiger partial charge >= 0.3 is 0 Å². The summed E-state index contributed by atoms with van der Waals surface area (Å²) in [5, 5.41) is 0. The van der Waals surface area contributed by atoms with E-state index in [0.717, 1.165) is 22.8 Å². The molecule has 1 aromatic carbocycles. The Labute approximate surface area is 120 Å². The minimum absolute atomic E-state index is 0.0537. The second kappa shape index (κ2) is 5.71. The monoisotopic (exact) mass is 273 g/mol. The summed E-state index contributed by atoms with van der Waals surface area (Å²) in [6.45, 7) is 9.38. The van der Waals surface area contributed by atoms with Crippen molar-refractivity contribution < 1.29 is 9.15 Å². The highest BCUT2D eigenvalue weighted by Crippen LogP contribution is 2.31. The van der Waals surface area contributed by atoms with Crippen molar-refractivity contribution in [3.8, 4) is 5.75 Å². The Kier molecular flexibility index (Phi) is 4.19. The van der Waals surface area contributed by atoms with E-state index in [0.29, 0.717) is 13.2 Å². The Morgan fingerprint density at radius 2 is 1.90 bits per heavy atom. The summed E-state index contributed by atoms with van der Waals surface area (Å²) in [4.78, 5) is 0. The van der Waals surface area contributed by atoms with Gasteiger partial charge < -0.3 is 14.9 Å². The van der Waals surface area contributed by atoms with Crippen molar-refractivity contribution in [2.45, 2.75) is 46.3 Å². The quantitative estimate of drug-likeness (QED) is 0.918. The Morgan fingerprint density at radius 3 is 2.50 bits per heavy atom. The molecule has 108 valence electrons. The molecule has 20 heavy (non-hydrogen) atoms. The number of hydrogen-bond donors (Lipinski definition) is 1. The molecule has 0 aliphatic heterocycles. The summed E-state index contributed by atoms with van der Waals surface area (Å²) >= 11 is 0. The number of hydrogen-bond acceptors (Lipinski definition) is 3. The van der Waals surface area contributed by atoms with Gasteiger partial charge in [0, 0.05) is 0 Å². The fraction of sp³-hybridized carbons (Fsp3) is 0.412. The van der Waals surface area contributed by atoms with Crippen LogP contribution < -0.4 is 10.5 Å². The number of benzene rings is 1. The van der Waals surface area contributed by atoms with Gasteiger partial charge in [-0.25, -0.2) is 0 Å². The first-order valence-corrected chi connectivity index (χ1v) is 6.92. The fourth-order valence-corrected chi connectivity index (χ4v) is 2.22. The molecule has 0 fully saturated rings. The Balaban J connectivity index is 2.15. The molecule has 0 amide bonds. The minimum atomic E-state index is 0.0537. The van der Waals surface area contributed by atoms with Gasteiger partial charge in [-0.2, -0.15) is 0 Å². The molecule has 0 saturated heterocycles. The summed E-state index contributed by atoms with van der Waals surface area (Å²) in [6.07, 6.45) is 0. The third-order valence-corrected chi connectivity index (χ3v) is 3.32. The highest BCUT2D eigenvalue weighted by molar-refractivity contribution is 5.38. The van der Waals surface area contributed by atoms with Gasteiger partial charge in [-0.3, -0.25) is 0 Å². The van der Waals surface area contributed by atoms with E-state index in [1.54, 1.807) is 0 Å². The zero-order chi connectivity index (χ0) is 14.8. The largest absolute Gasteiger partial charge is 0.485 e. The van der Waals surface area contributed by atoms with Crippen LogP contribution in [-0.4, -0.2) is 0 Å². The van der Waals surface area contributed by atoms with Gasteiger partial charge in [-0.15, -0.1) is 0 Å². The van der Waals surface area contributed by atoms with Crippen LogP contribution >= 0.6 is 0 Å². The van der Waals surface area contributed by atoms with Gasteiger partial charge in [0.1, 0.15) is 23.9 Å². The van der Waals surface area contributed by atoms with Crippen molar-refractivity contribution in [3.63, 3.8) is 0 Å². The van der Waals surface area contributed by atoms with E-state index in [2.05, 4.69) is 26.8 Å². The van der Waals surface area contributed by atoms with Crippen LogP contribution in [0.3, 0.4) is 0 Å². The maximum absolute atomic E-state index is 5.93. The molecule has 0 atom stereocenters. The summed E-state index contributed by atoms with van der Waals surface area (Å²) in [5.74, 6) is 2.54. The van der Waals surface area contributed by atoms with E-state index in [1.165, 1.54) is 5.56 Å². The lowest BCUT2D eigenvalue weighted by molar-refractivity contribution is 0.260. The lowest BCUT2D eigenvalue weighted by Crippen LogP contribution is -2.13. The molecule has 2 N–H and O–H groups in total. The highest BCUT2D eigenvalue weighted by atomic mass is 16.5. The van der Waals surface area contributed by atoms with E-state index in [1.807, 2.05) is 31.2 Å². The molecule has 1 aromatic heterocycles. The summed E-state index contributed by atoms with van der Waals surface area (Å²) < 4.78 is 11.6. The molecular formula is C17H23NO2. The van der Waals surface area contributed by atoms with Crippen LogP contribution in [0.25, 0.3) is 0 Å². The summed E-state index contributed by atoms with van der Waals surface area (Å²) in [7, 11) is 0. The predicted molar refractivity (Wildman–Crippen MR) is 80.8 cm³/mol. The zero-order valence-electron chi connectivity index (χ0n) is 12.7. The average Bonchev–Trinajstić information content (AvgIpc) is 2.76. The van der Waals surface area contributed by atoms with Crippen molar-refractivity contribution >= 4 is 0 Å². The fourth-order valence-electron chi connectivity index (χ4n) is 2.22. The molecule has 0 spiro atoms. The predicted octanol–water partition coefficient (Wildman–Crippen LogP) is 3.92. The number of ether oxygens (including phenoxy) is 1. The minimum Gasteiger partial charge on any atom is -0.485 e. The molecule has 2 aromatic rings. The molecular weight excluding hydrogens is 250 g/mol. The molecule has 3 nitrogen and oxygen atoms in total. The lowest BCUT2D eigenvalue weighted by Gasteiger charge is -2.22. The second-order valence-electron chi connectivity index (χ2n) is 6.06. The summed E-state index contributed by atoms with van der Waals surface area (Å²) in [5.41, 5.74) is 7.95. The van der Waals surface area contributed by atoms with Gasteiger partial charge in [0.15, 0.2) is 0 Å². The van der Waals surface area contributed by atoms with E-state index in [-0.39, 0.29) is 5.41 Å². The molecule has 0 unspecified atom stereocenters. The van der Waals surface area contributed by atoms with Gasteiger partial charge in [0.05, 0.1) is 6.54 Å². The SMILES string of the molecule is Cc1cc(COc2ccccc2C(C)(C)C)oc1CN. The second-order valence-corrected chi connectivity index (χ2v) is 6.06. The highest BCUT2D eigenvalue weighted by Gasteiger charge is 2.18. The smallest absolute Gasteiger partial charge is 0.146 e. The van der Waals surface area contributed by atoms with Crippen molar-refractivity contribution in [1.29, 1.82) is 0 Å². The van der Waals surface area contributed by atoms with Gasteiger partial charge in [0.25, 0.3) is 0 Å². The van der Waals surface area contributed by atoms with Crippen LogP contribution in [0.4, 0.5) is 0 Å². The van der Waals surface area contributed by atoms with E-state index in [9.17, 15) is 0 Å². The van der Waals surface area contributed by atoms with Crippen LogP contribution in [0, 0.1) is 6.92 Å². The molecule has 3 heteroatoms. The molecule has 2 rings (SSSR count). The van der Waals surface area contributed by atoms with Crippen LogP contribution in [0.5, 0.6) is 5.75 Å². The van der Waals surface area contributed by atoms with Gasteiger partial charge in [-0.1, -0.05) is 39.0 Å². The molecule has 1 heterocycles. The standard InChI is InChI=1S/C17H23NO2/c1-12-9-13(20-16(12)10-18)11-19-15-8-6-5-7-14(15)17(2,3)4/h5-9H,10-11,18H2,1-4H3. The first kappa shape index (κ1) is 14.7. The molecule has 0 aliphatic rings. The Bertz CT molecular complexity index is 579. The lowest BCUT2D eigenvalue weighted by atomic mass is 9.86. The topological polar surface area (TPSA) is 48.4 Å². The number of aryl methyl sites for hydroxylation is 1. The van der Waals surface area contributed by atoms with E-state index < -0.39 is 0 Å². The van der Waals surface area contributed by atoms with Crippen LogP contribution in [0.2, 0.25) is 0 Å². The molecule has 0 radical (unpaired) electrons. The first-order valence-electron chi connectivity index (χ1n) is 6.92. The van der Waals surface area contributed by atoms with Crippen molar-refractivity contribution in [3.05, 3.63) is 53.0 Å². The third kappa shape index (κ3) is 3.23. The van der Waals surface area contributed by atoms with Gasteiger partial charge in [-0.05, 0) is 35.6 Å². The number of nitrogens with two attached hydrogens (primary N) is 1. The third-order valence-electron chi connectivity index (χ3n) is 3.32. The molecule has 0 bridgehead atoms. The van der Waals surface area contributed by atoms with Gasteiger partial charge in [0.2, 0.25) is 0 Å². The normalized spacial score (nSPS) is 11.7. The van der Waals surface area contributed by atoms with Crippen LogP contribution in [-0.2, 0) is 18.6 Å². The zero-order valence-corrected chi connectivity index (χ0v) is 12.7. The summed E-state index contributed by atoms with van der Waals surface area (Å²) in [6, 6.07) is 10.1. The molecule has 0 aliphatic carbocycles. The van der Waals surface area contributed by atoms with E-state index >= 15 is 0 Å². The maximum Gasteiger partial charge on any atom is 0.146 e. The first-order chi connectivity index (χ1) is 9.41. The number of rotatable bonds is 4. The molecule has 0 saturated carbocycles. The van der Waals surface area contributed by atoms with Crippen LogP contribution in [0.15, 0.2) is 34.7 Å². The maximum atomic E-state index is 5.93. The number of furan rings is 1. The average molecular weight is 273 g/mol. The number of para-hydroxylation sites is 1. The van der Waals surface area contributed by atoms with E-state index in [4.69, 9.17) is 14.9 Å². The van der Waals surface area contributed by atoms with Crippen molar-refractivity contribution in [2.75, 3.05) is 0 Å². The van der Waals surface area contributed by atoms with Crippen molar-refractivity contribution in [2.24, 2.45) is 5.73 Å². The Morgan fingerprint density at radius 1 is 1.20 bits per heavy atom. The van der Waals surface area contributed by atoms with Crippen LogP contribution in [0.1, 0.15) is 43.4 Å².